The molecule has 0 aromatic heterocycles. The number of hydrogen-bond acceptors (Lipinski definition) is 3. The second-order valence-electron chi connectivity index (χ2n) is 16.5. The van der Waals surface area contributed by atoms with Gasteiger partial charge in [0.05, 0.1) is 0 Å². The minimum atomic E-state index is 0.117. The number of phenolic OH excluding ortho intramolecular Hbond substituents is 3. The molecule has 0 saturated heterocycles. The highest BCUT2D eigenvalue weighted by Crippen LogP contribution is 2.44. The molecule has 0 spiro atoms. The molecule has 3 aromatic rings. The number of hydrogen-bond donors (Lipinski definition) is 3. The van der Waals surface area contributed by atoms with Crippen molar-refractivity contribution in [1.82, 2.24) is 0 Å². The van der Waals surface area contributed by atoms with Crippen molar-refractivity contribution in [2.75, 3.05) is 0 Å². The number of rotatable bonds is 27. The first kappa shape index (κ1) is 44.5. The Labute approximate surface area is 326 Å². The maximum absolute atomic E-state index is 11.1. The van der Waals surface area contributed by atoms with Gasteiger partial charge in [-0.15, -0.1) is 0 Å². The molecule has 3 N–H and O–H groups in total. The molecule has 296 valence electrons. The van der Waals surface area contributed by atoms with Crippen molar-refractivity contribution in [3.63, 3.8) is 0 Å². The van der Waals surface area contributed by atoms with E-state index in [2.05, 4.69) is 66.7 Å². The molecule has 3 nitrogen and oxygen atoms in total. The summed E-state index contributed by atoms with van der Waals surface area (Å²) in [5.41, 5.74) is 10.6. The molecule has 3 heteroatoms. The molecule has 0 amide bonds. The van der Waals surface area contributed by atoms with E-state index in [-0.39, 0.29) is 5.92 Å². The van der Waals surface area contributed by atoms with Crippen LogP contribution in [-0.4, -0.2) is 15.3 Å². The Balaban J connectivity index is 1.99. The van der Waals surface area contributed by atoms with E-state index in [0.717, 1.165) is 98.4 Å². The Morgan fingerprint density at radius 1 is 0.396 bits per heavy atom. The zero-order valence-corrected chi connectivity index (χ0v) is 35.2. The van der Waals surface area contributed by atoms with Crippen molar-refractivity contribution in [2.24, 2.45) is 0 Å². The molecule has 0 aliphatic rings. The average molecular weight is 727 g/mol. The SMILES string of the molecule is CCCCCCCCCCCCCCC(CC(c1cc(CCCC)c(O)cc1C)c1cc(CCCC)c(O)cc1C)c1cc(CCCC)c(O)cc1C. The fourth-order valence-corrected chi connectivity index (χ4v) is 8.50. The van der Waals surface area contributed by atoms with Crippen molar-refractivity contribution in [3.05, 3.63) is 86.5 Å². The highest BCUT2D eigenvalue weighted by molar-refractivity contribution is 5.51. The summed E-state index contributed by atoms with van der Waals surface area (Å²) in [5, 5.41) is 33.2. The quantitative estimate of drug-likeness (QED) is 0.0686. The van der Waals surface area contributed by atoms with Gasteiger partial charge < -0.3 is 15.3 Å². The van der Waals surface area contributed by atoms with Gasteiger partial charge in [0.1, 0.15) is 17.2 Å². The maximum atomic E-state index is 11.1. The van der Waals surface area contributed by atoms with Gasteiger partial charge in [-0.25, -0.2) is 0 Å². The van der Waals surface area contributed by atoms with Gasteiger partial charge in [0, 0.05) is 5.92 Å². The van der Waals surface area contributed by atoms with Gasteiger partial charge in [0.15, 0.2) is 0 Å². The van der Waals surface area contributed by atoms with E-state index in [9.17, 15) is 15.3 Å². The van der Waals surface area contributed by atoms with Gasteiger partial charge in [0.2, 0.25) is 0 Å². The molecular weight excluding hydrogens is 649 g/mol. The average Bonchev–Trinajstić information content (AvgIpc) is 3.13. The lowest BCUT2D eigenvalue weighted by Gasteiger charge is -2.30. The number of aromatic hydroxyl groups is 3. The zero-order chi connectivity index (χ0) is 38.6. The summed E-state index contributed by atoms with van der Waals surface area (Å²) in [6, 6.07) is 13.0. The molecule has 3 rings (SSSR count). The molecule has 0 aliphatic carbocycles. The Bertz CT molecular complexity index is 1420. The van der Waals surface area contributed by atoms with Crippen molar-refractivity contribution >= 4 is 0 Å². The predicted octanol–water partition coefficient (Wildman–Crippen LogP) is 15.2. The topological polar surface area (TPSA) is 60.7 Å². The first-order valence-electron chi connectivity index (χ1n) is 22.1. The van der Waals surface area contributed by atoms with Crippen LogP contribution in [0.15, 0.2) is 36.4 Å². The molecule has 0 aliphatic heterocycles. The second-order valence-corrected chi connectivity index (χ2v) is 16.5. The van der Waals surface area contributed by atoms with Crippen LogP contribution in [0, 0.1) is 20.8 Å². The van der Waals surface area contributed by atoms with Crippen molar-refractivity contribution < 1.29 is 15.3 Å². The monoisotopic (exact) mass is 727 g/mol. The molecule has 0 heterocycles. The van der Waals surface area contributed by atoms with Crippen molar-refractivity contribution in [3.8, 4) is 17.2 Å². The van der Waals surface area contributed by atoms with E-state index in [1.807, 2.05) is 18.2 Å². The van der Waals surface area contributed by atoms with Gasteiger partial charge in [-0.05, 0) is 146 Å². The van der Waals surface area contributed by atoms with Gasteiger partial charge in [-0.2, -0.15) is 0 Å². The Morgan fingerprint density at radius 2 is 0.717 bits per heavy atom. The molecule has 53 heavy (non-hydrogen) atoms. The Kier molecular flexibility index (Phi) is 20.5. The van der Waals surface area contributed by atoms with Gasteiger partial charge in [-0.1, -0.05) is 142 Å². The van der Waals surface area contributed by atoms with Crippen LogP contribution in [-0.2, 0) is 19.3 Å². The standard InChI is InChI=1S/C50H78O3/c1-8-12-16-17-18-19-20-21-22-23-24-25-29-40(44-34-41(26-13-9-2)48(51)30-37(44)5)33-47(45-35-42(27-14-10-3)49(52)31-38(45)6)46-36-43(28-15-11-4)50(53)32-39(46)7/h30-32,34-36,40,47,51-53H,8-29,33H2,1-7H3. The van der Waals surface area contributed by atoms with Crippen LogP contribution in [0.1, 0.15) is 218 Å². The van der Waals surface area contributed by atoms with E-state index in [4.69, 9.17) is 0 Å². The van der Waals surface area contributed by atoms with Crippen LogP contribution < -0.4 is 0 Å². The number of phenols is 3. The minimum absolute atomic E-state index is 0.117. The summed E-state index contributed by atoms with van der Waals surface area (Å²) in [6.07, 6.45) is 27.3. The third-order valence-electron chi connectivity index (χ3n) is 11.9. The Morgan fingerprint density at radius 3 is 1.09 bits per heavy atom. The third-order valence-corrected chi connectivity index (χ3v) is 11.9. The predicted molar refractivity (Wildman–Crippen MR) is 229 cm³/mol. The van der Waals surface area contributed by atoms with E-state index in [0.29, 0.717) is 23.2 Å². The van der Waals surface area contributed by atoms with E-state index in [1.54, 1.807) is 0 Å². The fourth-order valence-electron chi connectivity index (χ4n) is 8.50. The van der Waals surface area contributed by atoms with Crippen LogP contribution in [0.4, 0.5) is 0 Å². The molecule has 1 unspecified atom stereocenters. The van der Waals surface area contributed by atoms with Crippen LogP contribution in [0.25, 0.3) is 0 Å². The Hall–Kier alpha value is -2.94. The number of benzene rings is 3. The molecule has 0 bridgehead atoms. The maximum Gasteiger partial charge on any atom is 0.119 e. The summed E-state index contributed by atoms with van der Waals surface area (Å²) in [4.78, 5) is 0. The molecule has 1 atom stereocenters. The van der Waals surface area contributed by atoms with Gasteiger partial charge in [0.25, 0.3) is 0 Å². The lowest BCUT2D eigenvalue weighted by atomic mass is 9.75. The molecule has 0 fully saturated rings. The summed E-state index contributed by atoms with van der Waals surface area (Å²) in [5.74, 6) is 1.69. The minimum Gasteiger partial charge on any atom is -0.508 e. The summed E-state index contributed by atoms with van der Waals surface area (Å²) in [7, 11) is 0. The summed E-state index contributed by atoms with van der Waals surface area (Å²) in [6.45, 7) is 15.4. The van der Waals surface area contributed by atoms with Gasteiger partial charge >= 0.3 is 0 Å². The zero-order valence-electron chi connectivity index (χ0n) is 35.2. The van der Waals surface area contributed by atoms with Crippen LogP contribution >= 0.6 is 0 Å². The van der Waals surface area contributed by atoms with E-state index in [1.165, 1.54) is 99.3 Å². The highest BCUT2D eigenvalue weighted by Gasteiger charge is 2.27. The first-order valence-corrected chi connectivity index (χ1v) is 22.1. The van der Waals surface area contributed by atoms with Crippen molar-refractivity contribution in [1.29, 1.82) is 0 Å². The summed E-state index contributed by atoms with van der Waals surface area (Å²) >= 11 is 0. The fraction of sp³-hybridized carbons (Fsp3) is 0.640. The first-order chi connectivity index (χ1) is 25.6. The number of aryl methyl sites for hydroxylation is 6. The molecular formula is C50H78O3. The second kappa shape index (κ2) is 24.5. The summed E-state index contributed by atoms with van der Waals surface area (Å²) < 4.78 is 0. The highest BCUT2D eigenvalue weighted by atomic mass is 16.3. The molecule has 0 saturated carbocycles. The lowest BCUT2D eigenvalue weighted by molar-refractivity contribution is 0.460. The van der Waals surface area contributed by atoms with E-state index < -0.39 is 0 Å². The number of unbranched alkanes of at least 4 members (excludes halogenated alkanes) is 14. The molecule has 3 aromatic carbocycles. The lowest BCUT2D eigenvalue weighted by Crippen LogP contribution is -2.13. The van der Waals surface area contributed by atoms with Crippen LogP contribution in [0.2, 0.25) is 0 Å². The van der Waals surface area contributed by atoms with Crippen molar-refractivity contribution in [2.45, 2.75) is 208 Å². The molecule has 0 radical (unpaired) electrons. The largest absolute Gasteiger partial charge is 0.508 e. The van der Waals surface area contributed by atoms with E-state index >= 15 is 0 Å². The van der Waals surface area contributed by atoms with Gasteiger partial charge in [-0.3, -0.25) is 0 Å². The normalized spacial score (nSPS) is 12.2. The smallest absolute Gasteiger partial charge is 0.119 e. The third kappa shape index (κ3) is 14.3. The van der Waals surface area contributed by atoms with Crippen LogP contribution in [0.3, 0.4) is 0 Å². The van der Waals surface area contributed by atoms with Crippen LogP contribution in [0.5, 0.6) is 17.2 Å².